The van der Waals surface area contributed by atoms with Gasteiger partial charge in [0.05, 0.1) is 56.6 Å². The van der Waals surface area contributed by atoms with Crippen LogP contribution in [0.15, 0.2) is 0 Å². The number of alkyl halides is 4. The third-order valence-corrected chi connectivity index (χ3v) is 13.7. The van der Waals surface area contributed by atoms with Gasteiger partial charge in [0.25, 0.3) is 0 Å². The summed E-state index contributed by atoms with van der Waals surface area (Å²) in [7, 11) is 0. The van der Waals surface area contributed by atoms with Crippen LogP contribution in [0.25, 0.3) is 0 Å². The molecule has 4 N–H and O–H groups in total. The Morgan fingerprint density at radius 3 is 1.27 bits per heavy atom. The van der Waals surface area contributed by atoms with E-state index in [1.165, 1.54) is 0 Å². The number of hydrogen-bond acceptors (Lipinski definition) is 6. The highest BCUT2D eigenvalue weighted by molar-refractivity contribution is 9.09. The third kappa shape index (κ3) is 9.90. The van der Waals surface area contributed by atoms with Gasteiger partial charge in [0.15, 0.2) is 0 Å². The minimum atomic E-state index is -1.05. The van der Waals surface area contributed by atoms with Crippen LogP contribution in [0.2, 0.25) is 0 Å². The first-order valence-electron chi connectivity index (χ1n) is 14.8. The molecule has 0 aromatic heterocycles. The standard InChI is InChI=1S/C30H54Br2Cl2O6/c1-25(2,33)19(31)11-15-27(5,37)23-13-17-29(7,39-23)21(35)9-10-22(36)30(8)18-14-24(40-30)28(6,38)16-12-20(32)26(3,4)34/h19-24,35-38H,9-18H2,1-8H3. The molecule has 0 spiro atoms. The summed E-state index contributed by atoms with van der Waals surface area (Å²) in [6.45, 7) is 15.1. The van der Waals surface area contributed by atoms with E-state index < -0.39 is 56.6 Å². The van der Waals surface area contributed by atoms with E-state index in [1.54, 1.807) is 13.8 Å². The summed E-state index contributed by atoms with van der Waals surface area (Å²) < 4.78 is 12.6. The Hall–Kier alpha value is 1.30. The van der Waals surface area contributed by atoms with Crippen LogP contribution in [0.3, 0.4) is 0 Å². The summed E-state index contributed by atoms with van der Waals surface area (Å²) in [6, 6.07) is 0. The Balaban J connectivity index is 1.89. The molecule has 0 saturated carbocycles. The van der Waals surface area contributed by atoms with E-state index in [-0.39, 0.29) is 9.65 Å². The fourth-order valence-electron chi connectivity index (χ4n) is 5.86. The lowest BCUT2D eigenvalue weighted by Gasteiger charge is -2.38. The van der Waals surface area contributed by atoms with Crippen molar-refractivity contribution in [2.24, 2.45) is 0 Å². The molecule has 2 aliphatic rings. The zero-order valence-corrected chi connectivity index (χ0v) is 30.3. The number of rotatable bonds is 15. The van der Waals surface area contributed by atoms with Gasteiger partial charge in [-0.25, -0.2) is 0 Å². The van der Waals surface area contributed by atoms with Gasteiger partial charge in [-0.15, -0.1) is 23.2 Å². The number of hydrogen-bond donors (Lipinski definition) is 4. The van der Waals surface area contributed by atoms with Gasteiger partial charge in [0.1, 0.15) is 0 Å². The van der Waals surface area contributed by atoms with Crippen molar-refractivity contribution in [1.29, 1.82) is 0 Å². The van der Waals surface area contributed by atoms with Crippen LogP contribution in [-0.4, -0.2) is 86.6 Å². The second-order valence-corrected chi connectivity index (χ2v) is 18.5. The molecule has 2 rings (SSSR count). The van der Waals surface area contributed by atoms with E-state index >= 15 is 0 Å². The molecule has 0 aliphatic carbocycles. The SMILES string of the molecule is CC(C)(Cl)C(Br)CCC(C)(O)C1CCC(C)(C(O)CCC(O)C2(C)CCC(C(C)(O)CCC(Br)C(C)(C)Cl)O2)O1. The highest BCUT2D eigenvalue weighted by Crippen LogP contribution is 2.44. The summed E-state index contributed by atoms with van der Waals surface area (Å²) in [5.74, 6) is 0. The Kier molecular flexibility index (Phi) is 12.9. The van der Waals surface area contributed by atoms with E-state index in [4.69, 9.17) is 32.7 Å². The van der Waals surface area contributed by atoms with E-state index in [0.29, 0.717) is 64.2 Å². The van der Waals surface area contributed by atoms with Crippen LogP contribution in [0.5, 0.6) is 0 Å². The Morgan fingerprint density at radius 2 is 1.00 bits per heavy atom. The first kappa shape index (κ1) is 37.5. The molecule has 0 aromatic carbocycles. The van der Waals surface area contributed by atoms with Crippen molar-refractivity contribution in [2.45, 2.75) is 186 Å². The highest BCUT2D eigenvalue weighted by atomic mass is 79.9. The summed E-state index contributed by atoms with van der Waals surface area (Å²) >= 11 is 20.1. The molecule has 0 bridgehead atoms. The van der Waals surface area contributed by atoms with Gasteiger partial charge in [0.2, 0.25) is 0 Å². The van der Waals surface area contributed by atoms with E-state index in [1.807, 2.05) is 41.5 Å². The zero-order chi connectivity index (χ0) is 30.9. The number of aliphatic hydroxyl groups is 4. The number of halogens is 4. The van der Waals surface area contributed by atoms with E-state index in [9.17, 15) is 20.4 Å². The first-order valence-corrected chi connectivity index (χ1v) is 17.3. The first-order chi connectivity index (χ1) is 17.9. The minimum Gasteiger partial charge on any atom is -0.390 e. The Morgan fingerprint density at radius 1 is 0.700 bits per heavy atom. The van der Waals surface area contributed by atoms with Crippen LogP contribution >= 0.6 is 55.1 Å². The van der Waals surface area contributed by atoms with Crippen molar-refractivity contribution in [3.05, 3.63) is 0 Å². The summed E-state index contributed by atoms with van der Waals surface area (Å²) in [4.78, 5) is -0.749. The molecule has 2 fully saturated rings. The van der Waals surface area contributed by atoms with Crippen molar-refractivity contribution >= 4 is 55.1 Å². The monoisotopic (exact) mass is 738 g/mol. The number of ether oxygens (including phenoxy) is 2. The van der Waals surface area contributed by atoms with Crippen LogP contribution in [-0.2, 0) is 9.47 Å². The predicted molar refractivity (Wildman–Crippen MR) is 171 cm³/mol. The molecule has 2 aliphatic heterocycles. The van der Waals surface area contributed by atoms with Crippen molar-refractivity contribution in [2.75, 3.05) is 0 Å². The number of aliphatic hydroxyl groups excluding tert-OH is 2. The normalized spacial score (nSPS) is 34.2. The van der Waals surface area contributed by atoms with Crippen molar-refractivity contribution in [1.82, 2.24) is 0 Å². The molecule has 0 aromatic rings. The van der Waals surface area contributed by atoms with Gasteiger partial charge in [-0.2, -0.15) is 0 Å². The summed E-state index contributed by atoms with van der Waals surface area (Å²) in [6.07, 6.45) is 3.28. The smallest absolute Gasteiger partial charge is 0.0918 e. The molecule has 238 valence electrons. The average molecular weight is 741 g/mol. The molecule has 2 saturated heterocycles. The van der Waals surface area contributed by atoms with Crippen molar-refractivity contribution in [3.63, 3.8) is 0 Å². The minimum absolute atomic E-state index is 0.0505. The Bertz CT molecular complexity index is 751. The van der Waals surface area contributed by atoms with Gasteiger partial charge in [-0.05, 0) is 120 Å². The summed E-state index contributed by atoms with van der Waals surface area (Å²) in [5, 5.41) is 44.6. The van der Waals surface area contributed by atoms with Gasteiger partial charge in [-0.1, -0.05) is 31.9 Å². The second-order valence-electron chi connectivity index (χ2n) is 14.4. The van der Waals surface area contributed by atoms with Crippen molar-refractivity contribution < 1.29 is 29.9 Å². The zero-order valence-electron chi connectivity index (χ0n) is 25.7. The van der Waals surface area contributed by atoms with Crippen LogP contribution in [0.4, 0.5) is 0 Å². The van der Waals surface area contributed by atoms with Crippen LogP contribution < -0.4 is 0 Å². The fraction of sp³-hybridized carbons (Fsp3) is 1.00. The lowest BCUT2D eigenvalue weighted by molar-refractivity contribution is -0.172. The van der Waals surface area contributed by atoms with Crippen LogP contribution in [0.1, 0.15) is 120 Å². The van der Waals surface area contributed by atoms with Gasteiger partial charge >= 0.3 is 0 Å². The molecule has 0 radical (unpaired) electrons. The highest BCUT2D eigenvalue weighted by Gasteiger charge is 2.50. The van der Waals surface area contributed by atoms with E-state index in [0.717, 1.165) is 0 Å². The van der Waals surface area contributed by atoms with Gasteiger partial charge in [0, 0.05) is 9.65 Å². The van der Waals surface area contributed by atoms with Gasteiger partial charge in [-0.3, -0.25) is 0 Å². The van der Waals surface area contributed by atoms with Gasteiger partial charge < -0.3 is 29.9 Å². The third-order valence-electron chi connectivity index (χ3n) is 9.44. The van der Waals surface area contributed by atoms with Crippen LogP contribution in [0, 0.1) is 0 Å². The lowest BCUT2D eigenvalue weighted by atomic mass is 9.85. The fourth-order valence-corrected chi connectivity index (χ4v) is 6.54. The maximum atomic E-state index is 11.2. The Labute approximate surface area is 269 Å². The largest absolute Gasteiger partial charge is 0.390 e. The second kappa shape index (κ2) is 13.7. The summed E-state index contributed by atoms with van der Waals surface area (Å²) in [5.41, 5.74) is -3.70. The quantitative estimate of drug-likeness (QED) is 0.135. The molecular formula is C30H54Br2Cl2O6. The molecule has 10 heteroatoms. The maximum absolute atomic E-state index is 11.2. The van der Waals surface area contributed by atoms with Crippen molar-refractivity contribution in [3.8, 4) is 0 Å². The predicted octanol–water partition coefficient (Wildman–Crippen LogP) is 6.99. The maximum Gasteiger partial charge on any atom is 0.0918 e. The van der Waals surface area contributed by atoms with E-state index in [2.05, 4.69) is 31.9 Å². The molecule has 2 heterocycles. The lowest BCUT2D eigenvalue weighted by Crippen LogP contribution is -2.47. The molecule has 6 nitrogen and oxygen atoms in total. The molecule has 10 unspecified atom stereocenters. The molecule has 0 amide bonds. The topological polar surface area (TPSA) is 99.4 Å². The average Bonchev–Trinajstić information content (AvgIpc) is 3.44. The molecule has 10 atom stereocenters. The molecular weight excluding hydrogens is 687 g/mol. The molecule has 40 heavy (non-hydrogen) atoms.